The molecule has 1 aliphatic heterocycles. The highest BCUT2D eigenvalue weighted by molar-refractivity contribution is 5.96. The number of hydrogen-bond donors (Lipinski definition) is 3. The summed E-state index contributed by atoms with van der Waals surface area (Å²) in [6.45, 7) is 3.59. The molecule has 0 saturated heterocycles. The molecule has 1 aliphatic rings. The normalized spacial score (nSPS) is 15.7. The van der Waals surface area contributed by atoms with Crippen LogP contribution in [0.3, 0.4) is 0 Å². The van der Waals surface area contributed by atoms with Gasteiger partial charge >= 0.3 is 5.69 Å². The molecule has 0 bridgehead atoms. The molecule has 0 unspecified atom stereocenters. The van der Waals surface area contributed by atoms with Crippen LogP contribution in [0.2, 0.25) is 0 Å². The number of aromatic amines is 2. The highest BCUT2D eigenvalue weighted by atomic mass is 16.2. The molecule has 0 aliphatic carbocycles. The van der Waals surface area contributed by atoms with E-state index in [4.69, 9.17) is 0 Å². The maximum Gasteiger partial charge on any atom is 0.323 e. The number of carbonyl (C=O) groups excluding carboxylic acids is 1. The highest BCUT2D eigenvalue weighted by Crippen LogP contribution is 2.21. The molecule has 1 amide bonds. The van der Waals surface area contributed by atoms with Crippen LogP contribution in [0, 0.1) is 0 Å². The molecule has 6 heteroatoms. The molecule has 0 saturated carbocycles. The smallest absolute Gasteiger partial charge is 0.323 e. The number of rotatable bonds is 3. The lowest BCUT2D eigenvalue weighted by molar-refractivity contribution is -0.121. The third-order valence-electron chi connectivity index (χ3n) is 4.87. The summed E-state index contributed by atoms with van der Waals surface area (Å²) in [5, 5.41) is 2.95. The number of imidazole rings is 1. The van der Waals surface area contributed by atoms with Crippen molar-refractivity contribution in [3.05, 3.63) is 64.1 Å². The second kappa shape index (κ2) is 6.22. The van der Waals surface area contributed by atoms with E-state index in [1.807, 2.05) is 13.0 Å². The number of amides is 1. The van der Waals surface area contributed by atoms with Gasteiger partial charge in [-0.3, -0.25) is 9.69 Å². The lowest BCUT2D eigenvalue weighted by Gasteiger charge is -2.32. The van der Waals surface area contributed by atoms with Gasteiger partial charge in [0.05, 0.1) is 17.1 Å². The van der Waals surface area contributed by atoms with E-state index in [9.17, 15) is 9.59 Å². The first kappa shape index (κ1) is 15.7. The van der Waals surface area contributed by atoms with E-state index in [2.05, 4.69) is 38.4 Å². The molecule has 6 nitrogen and oxygen atoms in total. The van der Waals surface area contributed by atoms with Crippen LogP contribution in [0.15, 0.2) is 47.3 Å². The van der Waals surface area contributed by atoms with Gasteiger partial charge in [-0.05, 0) is 42.7 Å². The fourth-order valence-corrected chi connectivity index (χ4v) is 3.37. The van der Waals surface area contributed by atoms with Crippen molar-refractivity contribution in [1.82, 2.24) is 14.9 Å². The van der Waals surface area contributed by atoms with Crippen molar-refractivity contribution in [3.8, 4) is 0 Å². The molecule has 2 heterocycles. The first-order valence-electron chi connectivity index (χ1n) is 8.44. The minimum absolute atomic E-state index is 0.0448. The standard InChI is InChI=1S/C19H20N4O2/c1-12(23-9-8-13-4-2-3-5-14(13)11-23)18(24)20-15-6-7-16-17(10-15)22-19(25)21-16/h2-7,10,12H,8-9,11H2,1H3,(H,20,24)(H2,21,22,25)/t12-/m0/s1. The van der Waals surface area contributed by atoms with Gasteiger partial charge in [0, 0.05) is 18.8 Å². The van der Waals surface area contributed by atoms with E-state index < -0.39 is 0 Å². The highest BCUT2D eigenvalue weighted by Gasteiger charge is 2.25. The number of aromatic nitrogens is 2. The van der Waals surface area contributed by atoms with Crippen LogP contribution in [0.1, 0.15) is 18.1 Å². The largest absolute Gasteiger partial charge is 0.325 e. The summed E-state index contributed by atoms with van der Waals surface area (Å²) in [7, 11) is 0. The Balaban J connectivity index is 1.47. The topological polar surface area (TPSA) is 81.0 Å². The Morgan fingerprint density at radius 2 is 1.88 bits per heavy atom. The first-order chi connectivity index (χ1) is 12.1. The van der Waals surface area contributed by atoms with E-state index in [0.29, 0.717) is 11.2 Å². The van der Waals surface area contributed by atoms with Crippen molar-refractivity contribution in [2.24, 2.45) is 0 Å². The molecule has 3 aromatic rings. The molecular formula is C19H20N4O2. The van der Waals surface area contributed by atoms with E-state index in [1.54, 1.807) is 18.2 Å². The Labute approximate surface area is 144 Å². The fraction of sp³-hybridized carbons (Fsp3) is 0.263. The van der Waals surface area contributed by atoms with E-state index >= 15 is 0 Å². The van der Waals surface area contributed by atoms with Gasteiger partial charge in [-0.15, -0.1) is 0 Å². The minimum atomic E-state index is -0.251. The Kier molecular flexibility index (Phi) is 3.89. The maximum absolute atomic E-state index is 12.6. The van der Waals surface area contributed by atoms with Gasteiger partial charge in [0.1, 0.15) is 0 Å². The first-order valence-corrected chi connectivity index (χ1v) is 8.44. The lowest BCUT2D eigenvalue weighted by Crippen LogP contribution is -2.44. The molecule has 1 atom stereocenters. The second-order valence-electron chi connectivity index (χ2n) is 6.49. The summed E-state index contributed by atoms with van der Waals surface area (Å²) in [6, 6.07) is 13.5. The average Bonchev–Trinajstić information content (AvgIpc) is 3.00. The number of H-pyrrole nitrogens is 2. The SMILES string of the molecule is C[C@@H](C(=O)Nc1ccc2[nH]c(=O)[nH]c2c1)N1CCc2ccccc2C1. The lowest BCUT2D eigenvalue weighted by atomic mass is 9.99. The molecule has 128 valence electrons. The van der Waals surface area contributed by atoms with Crippen LogP contribution < -0.4 is 11.0 Å². The minimum Gasteiger partial charge on any atom is -0.325 e. The van der Waals surface area contributed by atoms with Gasteiger partial charge in [-0.25, -0.2) is 4.79 Å². The number of fused-ring (bicyclic) bond motifs is 2. The number of nitrogens with zero attached hydrogens (tertiary/aromatic N) is 1. The van der Waals surface area contributed by atoms with Crippen molar-refractivity contribution >= 4 is 22.6 Å². The maximum atomic E-state index is 12.6. The van der Waals surface area contributed by atoms with Gasteiger partial charge in [-0.1, -0.05) is 24.3 Å². The van der Waals surface area contributed by atoms with Crippen molar-refractivity contribution < 1.29 is 4.79 Å². The number of carbonyl (C=O) groups is 1. The van der Waals surface area contributed by atoms with Gasteiger partial charge in [0.15, 0.2) is 0 Å². The summed E-state index contributed by atoms with van der Waals surface area (Å²) >= 11 is 0. The van der Waals surface area contributed by atoms with Crippen LogP contribution in [-0.2, 0) is 17.8 Å². The average molecular weight is 336 g/mol. The quantitative estimate of drug-likeness (QED) is 0.686. The predicted molar refractivity (Wildman–Crippen MR) is 97.6 cm³/mol. The Morgan fingerprint density at radius 1 is 1.12 bits per heavy atom. The third kappa shape index (κ3) is 3.08. The Morgan fingerprint density at radius 3 is 2.72 bits per heavy atom. The molecule has 25 heavy (non-hydrogen) atoms. The number of benzene rings is 2. The van der Waals surface area contributed by atoms with Crippen LogP contribution >= 0.6 is 0 Å². The summed E-state index contributed by atoms with van der Waals surface area (Å²) < 4.78 is 0. The van der Waals surface area contributed by atoms with Crippen LogP contribution in [-0.4, -0.2) is 33.4 Å². The molecule has 4 rings (SSSR count). The van der Waals surface area contributed by atoms with Crippen LogP contribution in [0.25, 0.3) is 11.0 Å². The Hall–Kier alpha value is -2.86. The molecule has 0 spiro atoms. The summed E-state index contributed by atoms with van der Waals surface area (Å²) in [5.41, 5.74) is 4.50. The van der Waals surface area contributed by atoms with Crippen molar-refractivity contribution in [2.75, 3.05) is 11.9 Å². The zero-order valence-electron chi connectivity index (χ0n) is 14.0. The van der Waals surface area contributed by atoms with Crippen LogP contribution in [0.4, 0.5) is 5.69 Å². The molecular weight excluding hydrogens is 316 g/mol. The third-order valence-corrected chi connectivity index (χ3v) is 4.87. The zero-order valence-corrected chi connectivity index (χ0v) is 14.0. The molecule has 3 N–H and O–H groups in total. The van der Waals surface area contributed by atoms with Crippen LogP contribution in [0.5, 0.6) is 0 Å². The van der Waals surface area contributed by atoms with Gasteiger partial charge in [0.25, 0.3) is 0 Å². The number of hydrogen-bond acceptors (Lipinski definition) is 3. The number of nitrogens with one attached hydrogen (secondary N) is 3. The summed E-state index contributed by atoms with van der Waals surface area (Å²) in [5.74, 6) is -0.0448. The van der Waals surface area contributed by atoms with Gasteiger partial charge in [0.2, 0.25) is 5.91 Å². The zero-order chi connectivity index (χ0) is 17.4. The molecule has 1 aromatic heterocycles. The Bertz CT molecular complexity index is 988. The number of anilines is 1. The van der Waals surface area contributed by atoms with Crippen molar-refractivity contribution in [1.29, 1.82) is 0 Å². The van der Waals surface area contributed by atoms with E-state index in [0.717, 1.165) is 25.0 Å². The van der Waals surface area contributed by atoms with Gasteiger partial charge in [-0.2, -0.15) is 0 Å². The summed E-state index contributed by atoms with van der Waals surface area (Å²) in [6.07, 6.45) is 0.963. The predicted octanol–water partition coefficient (Wildman–Crippen LogP) is 2.24. The van der Waals surface area contributed by atoms with E-state index in [-0.39, 0.29) is 17.6 Å². The summed E-state index contributed by atoms with van der Waals surface area (Å²) in [4.78, 5) is 31.5. The molecule has 0 fully saturated rings. The second-order valence-corrected chi connectivity index (χ2v) is 6.49. The van der Waals surface area contributed by atoms with Crippen molar-refractivity contribution in [3.63, 3.8) is 0 Å². The molecule has 0 radical (unpaired) electrons. The van der Waals surface area contributed by atoms with Gasteiger partial charge < -0.3 is 15.3 Å². The fourth-order valence-electron chi connectivity index (χ4n) is 3.37. The monoisotopic (exact) mass is 336 g/mol. The van der Waals surface area contributed by atoms with Crippen molar-refractivity contribution in [2.45, 2.75) is 25.9 Å². The molecule has 2 aromatic carbocycles. The van der Waals surface area contributed by atoms with E-state index in [1.165, 1.54) is 11.1 Å².